The first-order chi connectivity index (χ1) is 10.9. The minimum atomic E-state index is -0.376. The summed E-state index contributed by atoms with van der Waals surface area (Å²) in [4.78, 5) is 40.8. The maximum Gasteiger partial charge on any atom is 0.229 e. The van der Waals surface area contributed by atoms with Crippen LogP contribution in [0.4, 0.5) is 0 Å². The van der Waals surface area contributed by atoms with Gasteiger partial charge < -0.3 is 10.0 Å². The standard InChI is InChI=1S/C16H27N3O4/c1-3-13-11-18(9-8-17(13)10-12(2)20)14(21)6-7-19-15(22)4-5-16(19)23/h12-13,20H,3-11H2,1-2H3. The number of hydrogen-bond acceptors (Lipinski definition) is 5. The largest absolute Gasteiger partial charge is 0.392 e. The molecule has 0 aliphatic carbocycles. The Hall–Kier alpha value is -1.47. The summed E-state index contributed by atoms with van der Waals surface area (Å²) in [5.74, 6) is -0.348. The molecule has 2 aliphatic heterocycles. The van der Waals surface area contributed by atoms with Crippen molar-refractivity contribution >= 4 is 17.7 Å². The molecule has 1 N–H and O–H groups in total. The Bertz CT molecular complexity index is 450. The molecule has 7 nitrogen and oxygen atoms in total. The number of piperazine rings is 1. The summed E-state index contributed by atoms with van der Waals surface area (Å²) in [5.41, 5.74) is 0. The van der Waals surface area contributed by atoms with Crippen molar-refractivity contribution < 1.29 is 19.5 Å². The van der Waals surface area contributed by atoms with Crippen LogP contribution in [0.3, 0.4) is 0 Å². The third-order valence-electron chi connectivity index (χ3n) is 4.63. The van der Waals surface area contributed by atoms with Crippen molar-refractivity contribution in [3.8, 4) is 0 Å². The van der Waals surface area contributed by atoms with Gasteiger partial charge in [0.1, 0.15) is 0 Å². The second-order valence-electron chi connectivity index (χ2n) is 6.43. The third-order valence-corrected chi connectivity index (χ3v) is 4.63. The average molecular weight is 325 g/mol. The third kappa shape index (κ3) is 4.51. The molecule has 2 aliphatic rings. The minimum absolute atomic E-state index is 0.00681. The minimum Gasteiger partial charge on any atom is -0.392 e. The Morgan fingerprint density at radius 3 is 2.48 bits per heavy atom. The first-order valence-electron chi connectivity index (χ1n) is 8.45. The normalized spacial score (nSPS) is 24.4. The van der Waals surface area contributed by atoms with E-state index in [1.807, 2.05) is 4.90 Å². The predicted octanol–water partition coefficient (Wildman–Crippen LogP) is -0.171. The zero-order valence-electron chi connectivity index (χ0n) is 14.0. The highest BCUT2D eigenvalue weighted by molar-refractivity contribution is 6.02. The van der Waals surface area contributed by atoms with Crippen LogP contribution in [0, 0.1) is 0 Å². The maximum absolute atomic E-state index is 12.4. The van der Waals surface area contributed by atoms with Crippen molar-refractivity contribution in [3.05, 3.63) is 0 Å². The first-order valence-corrected chi connectivity index (χ1v) is 8.45. The molecule has 2 saturated heterocycles. The molecule has 2 fully saturated rings. The van der Waals surface area contributed by atoms with Gasteiger partial charge in [-0.15, -0.1) is 0 Å². The number of nitrogens with zero attached hydrogens (tertiary/aromatic N) is 3. The van der Waals surface area contributed by atoms with Crippen LogP contribution in [-0.4, -0.2) is 82.4 Å². The van der Waals surface area contributed by atoms with Crippen molar-refractivity contribution in [1.82, 2.24) is 14.7 Å². The van der Waals surface area contributed by atoms with E-state index >= 15 is 0 Å². The lowest BCUT2D eigenvalue weighted by atomic mass is 10.1. The van der Waals surface area contributed by atoms with Crippen LogP contribution < -0.4 is 0 Å². The van der Waals surface area contributed by atoms with Gasteiger partial charge in [-0.3, -0.25) is 24.2 Å². The Morgan fingerprint density at radius 1 is 1.26 bits per heavy atom. The number of carbonyl (C=O) groups is 3. The number of hydrogen-bond donors (Lipinski definition) is 1. The average Bonchev–Trinajstić information content (AvgIpc) is 2.83. The lowest BCUT2D eigenvalue weighted by molar-refractivity contribution is -0.140. The van der Waals surface area contributed by atoms with E-state index in [0.29, 0.717) is 19.6 Å². The molecule has 0 saturated carbocycles. The molecule has 130 valence electrons. The highest BCUT2D eigenvalue weighted by atomic mass is 16.3. The van der Waals surface area contributed by atoms with Crippen LogP contribution in [0.5, 0.6) is 0 Å². The zero-order valence-corrected chi connectivity index (χ0v) is 14.0. The Labute approximate surface area is 137 Å². The van der Waals surface area contributed by atoms with Crippen molar-refractivity contribution in [1.29, 1.82) is 0 Å². The lowest BCUT2D eigenvalue weighted by Gasteiger charge is -2.41. The van der Waals surface area contributed by atoms with Gasteiger partial charge in [0.05, 0.1) is 6.10 Å². The summed E-state index contributed by atoms with van der Waals surface area (Å²) in [6, 6.07) is 0.248. The molecule has 0 aromatic heterocycles. The van der Waals surface area contributed by atoms with Gasteiger partial charge in [-0.1, -0.05) is 6.92 Å². The summed E-state index contributed by atoms with van der Waals surface area (Å²) in [6.45, 7) is 6.69. The quantitative estimate of drug-likeness (QED) is 0.686. The summed E-state index contributed by atoms with van der Waals surface area (Å²) < 4.78 is 0. The molecule has 23 heavy (non-hydrogen) atoms. The number of imide groups is 1. The number of β-amino-alcohol motifs (C(OH)–C–C–N with tert-alkyl or cyclic N) is 1. The van der Waals surface area contributed by atoms with Crippen LogP contribution in [-0.2, 0) is 14.4 Å². The SMILES string of the molecule is CCC1CN(C(=O)CCN2C(=O)CCC2=O)CCN1CC(C)O. The summed E-state index contributed by atoms with van der Waals surface area (Å²) in [5, 5.41) is 9.56. The maximum atomic E-state index is 12.4. The number of aliphatic hydroxyl groups is 1. The van der Waals surface area contributed by atoms with Gasteiger partial charge in [-0.25, -0.2) is 0 Å². The molecule has 2 rings (SSSR count). The second kappa shape index (κ2) is 7.88. The van der Waals surface area contributed by atoms with E-state index in [0.717, 1.165) is 13.0 Å². The van der Waals surface area contributed by atoms with Crippen molar-refractivity contribution in [2.24, 2.45) is 0 Å². The Kier molecular flexibility index (Phi) is 6.12. The molecule has 2 heterocycles. The molecule has 0 aromatic rings. The highest BCUT2D eigenvalue weighted by Gasteiger charge is 2.31. The molecular weight excluding hydrogens is 298 g/mol. The Morgan fingerprint density at radius 2 is 1.91 bits per heavy atom. The van der Waals surface area contributed by atoms with Gasteiger partial charge >= 0.3 is 0 Å². The van der Waals surface area contributed by atoms with Crippen LogP contribution in [0.25, 0.3) is 0 Å². The second-order valence-corrected chi connectivity index (χ2v) is 6.43. The number of amides is 3. The molecule has 0 spiro atoms. The van der Waals surface area contributed by atoms with Gasteiger partial charge in [0.2, 0.25) is 17.7 Å². The Balaban J connectivity index is 1.83. The van der Waals surface area contributed by atoms with Crippen LogP contribution in [0.15, 0.2) is 0 Å². The van der Waals surface area contributed by atoms with Gasteiger partial charge in [0.25, 0.3) is 0 Å². The first kappa shape index (κ1) is 17.9. The predicted molar refractivity (Wildman–Crippen MR) is 84.5 cm³/mol. The monoisotopic (exact) mass is 325 g/mol. The van der Waals surface area contributed by atoms with E-state index in [4.69, 9.17) is 0 Å². The zero-order chi connectivity index (χ0) is 17.0. The molecule has 0 aromatic carbocycles. The number of aliphatic hydroxyl groups excluding tert-OH is 1. The van der Waals surface area contributed by atoms with Crippen molar-refractivity contribution in [3.63, 3.8) is 0 Å². The number of rotatable bonds is 6. The van der Waals surface area contributed by atoms with E-state index in [1.54, 1.807) is 6.92 Å². The van der Waals surface area contributed by atoms with Crippen LogP contribution in [0.1, 0.15) is 39.5 Å². The van der Waals surface area contributed by atoms with Gasteiger partial charge in [0.15, 0.2) is 0 Å². The molecule has 0 bridgehead atoms. The van der Waals surface area contributed by atoms with E-state index < -0.39 is 0 Å². The molecular formula is C16H27N3O4. The lowest BCUT2D eigenvalue weighted by Crippen LogP contribution is -2.56. The molecule has 2 unspecified atom stereocenters. The van der Waals surface area contributed by atoms with Gasteiger partial charge in [-0.2, -0.15) is 0 Å². The summed E-state index contributed by atoms with van der Waals surface area (Å²) in [6.07, 6.45) is 1.27. The highest BCUT2D eigenvalue weighted by Crippen LogP contribution is 2.16. The number of carbonyl (C=O) groups excluding carboxylic acids is 3. The fourth-order valence-electron chi connectivity index (χ4n) is 3.32. The summed E-state index contributed by atoms with van der Waals surface area (Å²) >= 11 is 0. The topological polar surface area (TPSA) is 81.2 Å². The van der Waals surface area contributed by atoms with Crippen molar-refractivity contribution in [2.75, 3.05) is 32.7 Å². The fraction of sp³-hybridized carbons (Fsp3) is 0.812. The van der Waals surface area contributed by atoms with E-state index in [2.05, 4.69) is 11.8 Å². The fourth-order valence-corrected chi connectivity index (χ4v) is 3.32. The molecule has 2 atom stereocenters. The number of likely N-dealkylation sites (tertiary alicyclic amines) is 1. The smallest absolute Gasteiger partial charge is 0.229 e. The van der Waals surface area contributed by atoms with Crippen molar-refractivity contribution in [2.45, 2.75) is 51.7 Å². The van der Waals surface area contributed by atoms with Gasteiger partial charge in [0, 0.05) is 58.0 Å². The molecule has 3 amide bonds. The molecule has 7 heteroatoms. The van der Waals surface area contributed by atoms with E-state index in [1.165, 1.54) is 4.90 Å². The van der Waals surface area contributed by atoms with Crippen LogP contribution in [0.2, 0.25) is 0 Å². The summed E-state index contributed by atoms with van der Waals surface area (Å²) in [7, 11) is 0. The van der Waals surface area contributed by atoms with E-state index in [9.17, 15) is 19.5 Å². The van der Waals surface area contributed by atoms with Crippen LogP contribution >= 0.6 is 0 Å². The molecule has 0 radical (unpaired) electrons. The van der Waals surface area contributed by atoms with E-state index in [-0.39, 0.29) is 55.7 Å². The van der Waals surface area contributed by atoms with Gasteiger partial charge in [-0.05, 0) is 13.3 Å².